The molecule has 8 heteroatoms. The molecule has 50 heavy (non-hydrogen) atoms. The third-order valence-electron chi connectivity index (χ3n) is 14.5. The molecule has 3 saturated carbocycles. The van der Waals surface area contributed by atoms with Crippen molar-refractivity contribution in [3.05, 3.63) is 47.5 Å². The second-order valence-corrected chi connectivity index (χ2v) is 17.4. The monoisotopic (exact) mass is 689 g/mol. The minimum absolute atomic E-state index is 0.0118. The van der Waals surface area contributed by atoms with Gasteiger partial charge in [-0.1, -0.05) is 62.9 Å². The van der Waals surface area contributed by atoms with E-state index in [1.165, 1.54) is 0 Å². The lowest BCUT2D eigenvalue weighted by molar-refractivity contribution is -0.200. The summed E-state index contributed by atoms with van der Waals surface area (Å²) in [5.74, 6) is 6.93. The second-order valence-electron chi connectivity index (χ2n) is 17.4. The summed E-state index contributed by atoms with van der Waals surface area (Å²) >= 11 is 0. The van der Waals surface area contributed by atoms with Crippen molar-refractivity contribution >= 4 is 5.78 Å². The summed E-state index contributed by atoms with van der Waals surface area (Å²) in [6.45, 7) is 12.5. The smallest absolute Gasteiger partial charge is 0.159 e. The van der Waals surface area contributed by atoms with Crippen LogP contribution in [0, 0.1) is 52.3 Å². The van der Waals surface area contributed by atoms with E-state index in [1.807, 2.05) is 24.3 Å². The van der Waals surface area contributed by atoms with Crippen molar-refractivity contribution in [1.82, 2.24) is 5.32 Å². The zero-order valence-corrected chi connectivity index (χ0v) is 30.7. The number of rotatable bonds is 8. The van der Waals surface area contributed by atoms with Gasteiger partial charge in [0.1, 0.15) is 12.7 Å². The number of aliphatic hydroxyl groups is 3. The van der Waals surface area contributed by atoms with Gasteiger partial charge in [-0.2, -0.15) is 0 Å². The van der Waals surface area contributed by atoms with E-state index < -0.39 is 34.9 Å². The minimum atomic E-state index is -1.48. The lowest BCUT2D eigenvalue weighted by Gasteiger charge is -2.61. The molecule has 4 N–H and O–H groups in total. The fraction of sp³-hybridized carbons (Fsp3) is 0.738. The van der Waals surface area contributed by atoms with Crippen LogP contribution in [0.3, 0.4) is 0 Å². The highest BCUT2D eigenvalue weighted by Crippen LogP contribution is 2.70. The van der Waals surface area contributed by atoms with Gasteiger partial charge < -0.3 is 34.8 Å². The van der Waals surface area contributed by atoms with Gasteiger partial charge in [-0.05, 0) is 99.2 Å². The van der Waals surface area contributed by atoms with Crippen molar-refractivity contribution in [2.75, 3.05) is 32.9 Å². The lowest BCUT2D eigenvalue weighted by atomic mass is 9.45. The van der Waals surface area contributed by atoms with Gasteiger partial charge in [0.25, 0.3) is 0 Å². The fourth-order valence-corrected chi connectivity index (χ4v) is 11.6. The van der Waals surface area contributed by atoms with Crippen molar-refractivity contribution in [2.45, 2.75) is 121 Å². The number of hydrogen-bond acceptors (Lipinski definition) is 8. The topological polar surface area (TPSA) is 117 Å². The van der Waals surface area contributed by atoms with Crippen molar-refractivity contribution in [2.24, 2.45) is 40.4 Å². The number of carbonyl (C=O) groups excluding carboxylic acids is 1. The Labute approximate surface area is 298 Å². The quantitative estimate of drug-likeness (QED) is 0.288. The van der Waals surface area contributed by atoms with Crippen LogP contribution >= 0.6 is 0 Å². The Morgan fingerprint density at radius 2 is 1.82 bits per heavy atom. The molecule has 1 spiro atoms. The molecule has 8 aliphatic rings. The van der Waals surface area contributed by atoms with Gasteiger partial charge in [0.05, 0.1) is 48.6 Å². The van der Waals surface area contributed by atoms with E-state index in [2.05, 4.69) is 50.1 Å². The van der Waals surface area contributed by atoms with Crippen LogP contribution in [0.5, 0.6) is 0 Å². The molecule has 9 rings (SSSR count). The second kappa shape index (κ2) is 13.7. The van der Waals surface area contributed by atoms with Crippen LogP contribution in [-0.2, 0) is 19.0 Å². The Morgan fingerprint density at radius 1 is 1.04 bits per heavy atom. The highest BCUT2D eigenvalue weighted by atomic mass is 16.5. The molecule has 0 amide bonds. The minimum Gasteiger partial charge on any atom is -0.392 e. The van der Waals surface area contributed by atoms with Crippen LogP contribution in [0.1, 0.15) is 91.0 Å². The molecular weight excluding hydrogens is 630 g/mol. The fourth-order valence-electron chi connectivity index (χ4n) is 11.6. The summed E-state index contributed by atoms with van der Waals surface area (Å²) in [6.07, 6.45) is 5.43. The molecular formula is C42H59NO7. The first kappa shape index (κ1) is 36.3. The van der Waals surface area contributed by atoms with Crippen molar-refractivity contribution in [1.29, 1.82) is 0 Å². The average Bonchev–Trinajstić information content (AvgIpc) is 3.61. The van der Waals surface area contributed by atoms with Crippen LogP contribution in [0.2, 0.25) is 0 Å². The highest BCUT2D eigenvalue weighted by molar-refractivity contribution is 5.95. The van der Waals surface area contributed by atoms with Crippen LogP contribution in [0.15, 0.2) is 42.0 Å². The van der Waals surface area contributed by atoms with E-state index in [4.69, 9.17) is 14.2 Å². The standard InChI is InChI=1S/C42H59NO7/c1-26-24-49-37(31(26)23-43-22-27(2)44)38(46)41(5,47)36-15-18-42-33-21-35(45)34-20-30(13-16-39(34,3)32(33)14-17-40(36,42)4)48-25-29(12-9-19-50-42)28-10-7-6-8-11-28/h6-8,10-11,21,26-27,29-32,34,36-38,43-44,46-47H,13-20,22-25H2,1-5H3. The molecule has 274 valence electrons. The van der Waals surface area contributed by atoms with E-state index in [-0.39, 0.29) is 59.4 Å². The van der Waals surface area contributed by atoms with Gasteiger partial charge in [0.2, 0.25) is 0 Å². The van der Waals surface area contributed by atoms with Gasteiger partial charge in [0, 0.05) is 30.3 Å². The Morgan fingerprint density at radius 3 is 2.58 bits per heavy atom. The number of carbonyl (C=O) groups is 1. The third-order valence-corrected chi connectivity index (χ3v) is 14.5. The van der Waals surface area contributed by atoms with Gasteiger partial charge in [-0.15, -0.1) is 0 Å². The molecule has 4 heterocycles. The number of aliphatic hydroxyl groups excluding tert-OH is 2. The number of ketones is 1. The summed E-state index contributed by atoms with van der Waals surface area (Å²) < 4.78 is 19.9. The molecule has 0 aromatic heterocycles. The summed E-state index contributed by atoms with van der Waals surface area (Å²) in [5, 5.41) is 37.9. The number of benzene rings is 1. The molecule has 1 aromatic rings. The maximum Gasteiger partial charge on any atom is 0.159 e. The summed E-state index contributed by atoms with van der Waals surface area (Å²) in [5.41, 5.74) is -0.798. The van der Waals surface area contributed by atoms with E-state index in [0.717, 1.165) is 43.2 Å². The Bertz CT molecular complexity index is 1500. The molecule has 1 saturated heterocycles. The van der Waals surface area contributed by atoms with Crippen molar-refractivity contribution in [3.8, 4) is 11.8 Å². The van der Waals surface area contributed by atoms with Gasteiger partial charge in [-0.3, -0.25) is 4.79 Å². The molecule has 14 unspecified atom stereocenters. The number of hydrogen-bond donors (Lipinski definition) is 4. The lowest BCUT2D eigenvalue weighted by Crippen LogP contribution is -2.64. The van der Waals surface area contributed by atoms with E-state index in [9.17, 15) is 20.1 Å². The van der Waals surface area contributed by atoms with Gasteiger partial charge >= 0.3 is 0 Å². The molecule has 6 bridgehead atoms. The number of nitrogens with one attached hydrogen (secondary N) is 1. The average molecular weight is 690 g/mol. The third kappa shape index (κ3) is 5.93. The largest absolute Gasteiger partial charge is 0.392 e. The molecule has 4 aliphatic heterocycles. The molecule has 4 fully saturated rings. The van der Waals surface area contributed by atoms with E-state index in [1.54, 1.807) is 13.8 Å². The number of ether oxygens (including phenoxy) is 3. The van der Waals surface area contributed by atoms with E-state index >= 15 is 0 Å². The normalized spacial score (nSPS) is 43.6. The molecule has 4 aliphatic carbocycles. The molecule has 0 radical (unpaired) electrons. The van der Waals surface area contributed by atoms with Crippen LogP contribution < -0.4 is 5.32 Å². The SMILES string of the molecule is CC(O)CNCC1C(C)COC1C(O)C(C)(O)C1CCC23OCC#CC(c4ccccc4)COC4CCC5(C)C(C4)C(=O)C=C2C5CCC13C. The first-order chi connectivity index (χ1) is 23.8. The summed E-state index contributed by atoms with van der Waals surface area (Å²) in [4.78, 5) is 14.3. The van der Waals surface area contributed by atoms with Gasteiger partial charge in [0.15, 0.2) is 5.78 Å². The summed E-state index contributed by atoms with van der Waals surface area (Å²) in [7, 11) is 0. The van der Waals surface area contributed by atoms with E-state index in [0.29, 0.717) is 39.1 Å². The Balaban J connectivity index is 1.24. The Kier molecular flexibility index (Phi) is 9.95. The zero-order valence-electron chi connectivity index (χ0n) is 30.7. The van der Waals surface area contributed by atoms with Crippen LogP contribution in [0.25, 0.3) is 0 Å². The first-order valence-corrected chi connectivity index (χ1v) is 19.3. The first-order valence-electron chi connectivity index (χ1n) is 19.3. The van der Waals surface area contributed by atoms with Gasteiger partial charge in [-0.25, -0.2) is 0 Å². The van der Waals surface area contributed by atoms with Crippen molar-refractivity contribution in [3.63, 3.8) is 0 Å². The highest BCUT2D eigenvalue weighted by Gasteiger charge is 2.70. The molecule has 14 atom stereocenters. The zero-order chi connectivity index (χ0) is 35.5. The maximum absolute atomic E-state index is 14.3. The predicted molar refractivity (Wildman–Crippen MR) is 191 cm³/mol. The molecule has 8 nitrogen and oxygen atoms in total. The Hall–Kier alpha value is -2.09. The van der Waals surface area contributed by atoms with Crippen molar-refractivity contribution < 1.29 is 34.3 Å². The number of allylic oxidation sites excluding steroid dienone is 1. The maximum atomic E-state index is 14.3. The van der Waals surface area contributed by atoms with Crippen LogP contribution in [-0.4, -0.2) is 89.6 Å². The van der Waals surface area contributed by atoms with Crippen LogP contribution in [0.4, 0.5) is 0 Å². The molecule has 1 aromatic carbocycles. The predicted octanol–water partition coefficient (Wildman–Crippen LogP) is 4.80. The summed E-state index contributed by atoms with van der Waals surface area (Å²) in [6, 6.07) is 10.3. The number of fused-ring (bicyclic) bond motifs is 2.